The van der Waals surface area contributed by atoms with E-state index in [1.165, 1.54) is 23.1 Å². The lowest BCUT2D eigenvalue weighted by Gasteiger charge is -2.34. The largest absolute Gasteiger partial charge is 0.354 e. The molecule has 2 amide bonds. The van der Waals surface area contributed by atoms with Crippen LogP contribution in [-0.4, -0.2) is 44.3 Å². The lowest BCUT2D eigenvalue weighted by molar-refractivity contribution is -0.140. The summed E-state index contributed by atoms with van der Waals surface area (Å²) in [7, 11) is -4.25. The summed E-state index contributed by atoms with van der Waals surface area (Å²) in [6, 6.07) is 27.6. The lowest BCUT2D eigenvalue weighted by atomic mass is 10.0. The molecular weight excluding hydrogens is 653 g/mol. The number of sulfonamides is 1. The van der Waals surface area contributed by atoms with Crippen molar-refractivity contribution in [1.82, 2.24) is 10.2 Å². The Kier molecular flexibility index (Phi) is 12.3. The number of para-hydroxylation sites is 1. The van der Waals surface area contributed by atoms with Crippen molar-refractivity contribution in [3.05, 3.63) is 129 Å². The molecule has 0 aliphatic rings. The fourth-order valence-electron chi connectivity index (χ4n) is 4.78. The summed E-state index contributed by atoms with van der Waals surface area (Å²) in [6.45, 7) is 1.81. The number of nitrogens with zero attached hydrogens (tertiary/aromatic N) is 2. The van der Waals surface area contributed by atoms with Gasteiger partial charge >= 0.3 is 0 Å². The second-order valence-corrected chi connectivity index (χ2v) is 13.5. The third-order valence-corrected chi connectivity index (χ3v) is 10.0. The Bertz CT molecular complexity index is 1710. The van der Waals surface area contributed by atoms with Gasteiger partial charge in [-0.2, -0.15) is 0 Å². The summed E-state index contributed by atoms with van der Waals surface area (Å²) in [5, 5.41) is 3.75. The quantitative estimate of drug-likeness (QED) is 0.140. The minimum Gasteiger partial charge on any atom is -0.354 e. The molecule has 7 nitrogen and oxygen atoms in total. The molecule has 4 aromatic carbocycles. The maximum absolute atomic E-state index is 14.5. The number of benzene rings is 4. The van der Waals surface area contributed by atoms with Crippen LogP contribution in [0.3, 0.4) is 0 Å². The first kappa shape index (κ1) is 34.3. The van der Waals surface area contributed by atoms with Gasteiger partial charge in [-0.25, -0.2) is 8.42 Å². The van der Waals surface area contributed by atoms with Crippen LogP contribution in [0, 0.1) is 0 Å². The number of carbonyl (C=O) groups excluding carboxylic acids is 2. The Morgan fingerprint density at radius 2 is 1.42 bits per heavy atom. The molecule has 0 spiro atoms. The van der Waals surface area contributed by atoms with Crippen LogP contribution >= 0.6 is 34.8 Å². The molecule has 11 heteroatoms. The Morgan fingerprint density at radius 1 is 0.778 bits per heavy atom. The first-order chi connectivity index (χ1) is 21.6. The molecule has 0 aromatic heterocycles. The van der Waals surface area contributed by atoms with Gasteiger partial charge in [-0.3, -0.25) is 13.9 Å². The van der Waals surface area contributed by atoms with Crippen LogP contribution < -0.4 is 9.62 Å². The van der Waals surface area contributed by atoms with Crippen LogP contribution in [0.15, 0.2) is 108 Å². The van der Waals surface area contributed by atoms with Crippen LogP contribution in [-0.2, 0) is 32.6 Å². The maximum Gasteiger partial charge on any atom is 0.264 e. The zero-order valence-corrected chi connectivity index (χ0v) is 27.8. The first-order valence-electron chi connectivity index (χ1n) is 14.5. The van der Waals surface area contributed by atoms with Crippen molar-refractivity contribution < 1.29 is 18.0 Å². The molecule has 0 saturated heterocycles. The van der Waals surface area contributed by atoms with Gasteiger partial charge in [0.15, 0.2) is 0 Å². The summed E-state index contributed by atoms with van der Waals surface area (Å²) in [6.07, 6.45) is 1.84. The number of rotatable bonds is 14. The molecule has 1 N–H and O–H groups in total. The fourth-order valence-corrected chi connectivity index (χ4v) is 6.84. The molecule has 0 radical (unpaired) electrons. The summed E-state index contributed by atoms with van der Waals surface area (Å²) in [4.78, 5) is 29.7. The standard InChI is InChI=1S/C34H34Cl3N3O4S/c1-2-3-20-38-34(42)32(22-25-12-6-4-7-13-25)39(23-26-18-19-28(35)30(37)21-26)33(41)24-40(31-17-11-10-16-29(31)36)45(43,44)27-14-8-5-9-15-27/h4-19,21,32H,2-3,20,22-24H2,1H3,(H,38,42)/t32-/m1/s1. The molecule has 0 aliphatic heterocycles. The minimum absolute atomic E-state index is 0.00750. The second-order valence-electron chi connectivity index (χ2n) is 10.4. The number of nitrogens with one attached hydrogen (secondary N) is 1. The van der Waals surface area contributed by atoms with Crippen LogP contribution in [0.2, 0.25) is 15.1 Å². The molecule has 45 heavy (non-hydrogen) atoms. The molecule has 0 aliphatic carbocycles. The Morgan fingerprint density at radius 3 is 2.07 bits per heavy atom. The van der Waals surface area contributed by atoms with Crippen molar-refractivity contribution >= 4 is 62.3 Å². The minimum atomic E-state index is -4.25. The predicted octanol–water partition coefficient (Wildman–Crippen LogP) is 7.40. The SMILES string of the molecule is CCCCNC(=O)[C@@H](Cc1ccccc1)N(Cc1ccc(Cl)c(Cl)c1)C(=O)CN(c1ccccc1Cl)S(=O)(=O)c1ccccc1. The summed E-state index contributed by atoms with van der Waals surface area (Å²) >= 11 is 19.0. The zero-order valence-electron chi connectivity index (χ0n) is 24.7. The van der Waals surface area contributed by atoms with Gasteiger partial charge in [0.2, 0.25) is 11.8 Å². The van der Waals surface area contributed by atoms with Gasteiger partial charge in [-0.15, -0.1) is 0 Å². The number of hydrogen-bond acceptors (Lipinski definition) is 4. The van der Waals surface area contributed by atoms with Gasteiger partial charge in [0.1, 0.15) is 12.6 Å². The summed E-state index contributed by atoms with van der Waals surface area (Å²) in [5.74, 6) is -0.956. The van der Waals surface area contributed by atoms with E-state index in [9.17, 15) is 18.0 Å². The molecule has 4 aromatic rings. The van der Waals surface area contributed by atoms with Crippen molar-refractivity contribution in [1.29, 1.82) is 0 Å². The number of amides is 2. The number of hydrogen-bond donors (Lipinski definition) is 1. The van der Waals surface area contributed by atoms with Crippen LogP contribution in [0.1, 0.15) is 30.9 Å². The van der Waals surface area contributed by atoms with Crippen molar-refractivity contribution in [2.75, 3.05) is 17.4 Å². The van der Waals surface area contributed by atoms with Gasteiger partial charge in [0.05, 0.1) is 25.7 Å². The molecule has 0 unspecified atom stereocenters. The third-order valence-electron chi connectivity index (χ3n) is 7.17. The van der Waals surface area contributed by atoms with E-state index in [1.807, 2.05) is 37.3 Å². The van der Waals surface area contributed by atoms with Crippen LogP contribution in [0.25, 0.3) is 0 Å². The van der Waals surface area contributed by atoms with Crippen molar-refractivity contribution in [3.63, 3.8) is 0 Å². The molecule has 0 heterocycles. The Balaban J connectivity index is 1.80. The van der Waals surface area contributed by atoms with Gasteiger partial charge in [-0.1, -0.05) is 115 Å². The number of carbonyl (C=O) groups is 2. The highest BCUT2D eigenvalue weighted by Crippen LogP contribution is 2.31. The van der Waals surface area contributed by atoms with Crippen LogP contribution in [0.4, 0.5) is 5.69 Å². The lowest BCUT2D eigenvalue weighted by Crippen LogP contribution is -2.53. The van der Waals surface area contributed by atoms with Crippen molar-refractivity contribution in [3.8, 4) is 0 Å². The Hall–Kier alpha value is -3.56. The fraction of sp³-hybridized carbons (Fsp3) is 0.235. The first-order valence-corrected chi connectivity index (χ1v) is 17.1. The van der Waals surface area contributed by atoms with E-state index in [0.29, 0.717) is 17.1 Å². The van der Waals surface area contributed by atoms with E-state index in [0.717, 1.165) is 22.7 Å². The molecule has 0 fully saturated rings. The van der Waals surface area contributed by atoms with Gasteiger partial charge < -0.3 is 10.2 Å². The third kappa shape index (κ3) is 9.01. The predicted molar refractivity (Wildman–Crippen MR) is 181 cm³/mol. The van der Waals surface area contributed by atoms with E-state index in [1.54, 1.807) is 54.6 Å². The number of unbranched alkanes of at least 4 members (excludes halogenated alkanes) is 1. The summed E-state index contributed by atoms with van der Waals surface area (Å²) < 4.78 is 29.1. The zero-order chi connectivity index (χ0) is 32.4. The number of halogens is 3. The van der Waals surface area contributed by atoms with Crippen LogP contribution in [0.5, 0.6) is 0 Å². The van der Waals surface area contributed by atoms with Gasteiger partial charge in [-0.05, 0) is 53.9 Å². The van der Waals surface area contributed by atoms with Gasteiger partial charge in [0.25, 0.3) is 10.0 Å². The molecule has 1 atom stereocenters. The maximum atomic E-state index is 14.5. The molecule has 0 saturated carbocycles. The highest BCUT2D eigenvalue weighted by molar-refractivity contribution is 7.92. The van der Waals surface area contributed by atoms with E-state index in [-0.39, 0.29) is 39.5 Å². The second kappa shape index (κ2) is 16.1. The highest BCUT2D eigenvalue weighted by Gasteiger charge is 2.35. The smallest absolute Gasteiger partial charge is 0.264 e. The molecule has 236 valence electrons. The average molecular weight is 687 g/mol. The molecule has 0 bridgehead atoms. The van der Waals surface area contributed by atoms with Gasteiger partial charge in [0, 0.05) is 19.5 Å². The van der Waals surface area contributed by atoms with Crippen molar-refractivity contribution in [2.24, 2.45) is 0 Å². The molecular formula is C34H34Cl3N3O4S. The van der Waals surface area contributed by atoms with E-state index in [2.05, 4.69) is 5.32 Å². The summed E-state index contributed by atoms with van der Waals surface area (Å²) in [5.41, 5.74) is 1.59. The topological polar surface area (TPSA) is 86.8 Å². The average Bonchev–Trinajstić information content (AvgIpc) is 3.04. The Labute approximate surface area is 279 Å². The highest BCUT2D eigenvalue weighted by atomic mass is 35.5. The van der Waals surface area contributed by atoms with E-state index >= 15 is 0 Å². The normalized spacial score (nSPS) is 11.9. The molecule has 4 rings (SSSR count). The monoisotopic (exact) mass is 685 g/mol. The number of anilines is 1. The van der Waals surface area contributed by atoms with E-state index in [4.69, 9.17) is 34.8 Å². The van der Waals surface area contributed by atoms with E-state index < -0.39 is 28.5 Å². The van der Waals surface area contributed by atoms with Crippen molar-refractivity contribution in [2.45, 2.75) is 43.7 Å².